The van der Waals surface area contributed by atoms with E-state index in [-0.39, 0.29) is 0 Å². The minimum atomic E-state index is 0.443. The minimum Gasteiger partial charge on any atom is -0.384 e. The van der Waals surface area contributed by atoms with Crippen LogP contribution in [0.15, 0.2) is 41.8 Å². The fourth-order valence-electron chi connectivity index (χ4n) is 1.43. The number of nitrogens with one attached hydrogen (secondary N) is 1. The topological polar surface area (TPSA) is 42.7 Å². The highest BCUT2D eigenvalue weighted by Crippen LogP contribution is 2.20. The molecule has 1 aromatic heterocycles. The molecule has 5 heteroatoms. The number of aromatic nitrogens is 3. The Labute approximate surface area is 105 Å². The van der Waals surface area contributed by atoms with Crippen LogP contribution in [0.25, 0.3) is 0 Å². The molecule has 1 unspecified atom stereocenters. The van der Waals surface area contributed by atoms with Crippen LogP contribution in [-0.4, -0.2) is 26.6 Å². The van der Waals surface area contributed by atoms with E-state index in [4.69, 9.17) is 0 Å². The number of nitrogens with zero attached hydrogens (tertiary/aromatic N) is 3. The summed E-state index contributed by atoms with van der Waals surface area (Å²) >= 11 is 1.72. The summed E-state index contributed by atoms with van der Waals surface area (Å²) < 4.78 is 1.80. The molecule has 17 heavy (non-hydrogen) atoms. The van der Waals surface area contributed by atoms with Crippen LogP contribution in [0.3, 0.4) is 0 Å². The van der Waals surface area contributed by atoms with Gasteiger partial charge in [-0.1, -0.05) is 36.9 Å². The fraction of sp³-hybridized carbons (Fsp3) is 0.333. The Balaban J connectivity index is 1.82. The summed E-state index contributed by atoms with van der Waals surface area (Å²) in [6.45, 7) is 3.08. The normalized spacial score (nSPS) is 12.4. The zero-order valence-corrected chi connectivity index (χ0v) is 10.8. The third-order valence-corrected chi connectivity index (χ3v) is 3.49. The van der Waals surface area contributed by atoms with Gasteiger partial charge in [0.1, 0.15) is 6.33 Å². The van der Waals surface area contributed by atoms with Crippen LogP contribution in [0.1, 0.15) is 6.92 Å². The first-order chi connectivity index (χ1) is 8.25. The van der Waals surface area contributed by atoms with E-state index in [9.17, 15) is 0 Å². The van der Waals surface area contributed by atoms with Gasteiger partial charge in [-0.3, -0.25) is 0 Å². The fourth-order valence-corrected chi connectivity index (χ4v) is 2.27. The Morgan fingerprint density at radius 2 is 2.12 bits per heavy atom. The van der Waals surface area contributed by atoms with Crippen molar-refractivity contribution in [1.29, 1.82) is 0 Å². The summed E-state index contributed by atoms with van der Waals surface area (Å²) in [4.78, 5) is 4.20. The average molecular weight is 248 g/mol. The summed E-state index contributed by atoms with van der Waals surface area (Å²) in [5, 5.41) is 8.84. The number of hydrogen-bond acceptors (Lipinski definition) is 4. The number of thioether (sulfide) groups is 1. The quantitative estimate of drug-likeness (QED) is 0.825. The first-order valence-corrected chi connectivity index (χ1v) is 6.43. The van der Waals surface area contributed by atoms with Crippen molar-refractivity contribution in [2.24, 2.45) is 7.05 Å². The van der Waals surface area contributed by atoms with Crippen LogP contribution >= 0.6 is 11.8 Å². The van der Waals surface area contributed by atoms with Crippen molar-refractivity contribution in [2.75, 3.05) is 11.9 Å². The minimum absolute atomic E-state index is 0.443. The molecule has 1 aromatic carbocycles. The number of benzene rings is 1. The SMILES string of the molecule is CC(CNc1ccccc1)Sc1ncnn1C. The largest absolute Gasteiger partial charge is 0.384 e. The Kier molecular flexibility index (Phi) is 4.03. The van der Waals surface area contributed by atoms with E-state index in [1.807, 2.05) is 25.2 Å². The Hall–Kier alpha value is -1.49. The Morgan fingerprint density at radius 1 is 1.35 bits per heavy atom. The van der Waals surface area contributed by atoms with E-state index in [2.05, 4.69) is 34.5 Å². The van der Waals surface area contributed by atoms with Gasteiger partial charge in [0.05, 0.1) is 0 Å². The Bertz CT molecular complexity index is 455. The molecule has 0 amide bonds. The van der Waals surface area contributed by atoms with Crippen molar-refractivity contribution >= 4 is 17.4 Å². The van der Waals surface area contributed by atoms with Gasteiger partial charge >= 0.3 is 0 Å². The molecule has 0 fully saturated rings. The van der Waals surface area contributed by atoms with Crippen molar-refractivity contribution in [3.05, 3.63) is 36.7 Å². The maximum absolute atomic E-state index is 4.20. The van der Waals surface area contributed by atoms with Gasteiger partial charge in [0.25, 0.3) is 0 Å². The second-order valence-corrected chi connectivity index (χ2v) is 5.25. The lowest BCUT2D eigenvalue weighted by Gasteiger charge is -2.12. The number of hydrogen-bond donors (Lipinski definition) is 1. The first-order valence-electron chi connectivity index (χ1n) is 5.55. The number of aryl methyl sites for hydroxylation is 1. The lowest BCUT2D eigenvalue weighted by atomic mass is 10.3. The average Bonchev–Trinajstić information content (AvgIpc) is 2.74. The monoisotopic (exact) mass is 248 g/mol. The van der Waals surface area contributed by atoms with Crippen molar-refractivity contribution in [3.8, 4) is 0 Å². The van der Waals surface area contributed by atoms with Crippen LogP contribution < -0.4 is 5.32 Å². The molecular weight excluding hydrogens is 232 g/mol. The molecule has 0 aliphatic carbocycles. The highest BCUT2D eigenvalue weighted by atomic mass is 32.2. The van der Waals surface area contributed by atoms with Crippen molar-refractivity contribution in [1.82, 2.24) is 14.8 Å². The molecule has 1 atom stereocenters. The maximum Gasteiger partial charge on any atom is 0.186 e. The van der Waals surface area contributed by atoms with Gasteiger partial charge in [-0.25, -0.2) is 9.67 Å². The molecule has 0 saturated heterocycles. The standard InChI is InChI=1S/C12H16N4S/c1-10(17-12-14-9-15-16(12)2)8-13-11-6-4-3-5-7-11/h3-7,9-10,13H,8H2,1-2H3. The van der Waals surface area contributed by atoms with Gasteiger partial charge in [0.2, 0.25) is 0 Å². The summed E-state index contributed by atoms with van der Waals surface area (Å²) in [6.07, 6.45) is 1.58. The van der Waals surface area contributed by atoms with Gasteiger partial charge in [-0.2, -0.15) is 5.10 Å². The molecule has 0 saturated carbocycles. The molecule has 4 nitrogen and oxygen atoms in total. The molecule has 1 N–H and O–H groups in total. The van der Waals surface area contributed by atoms with E-state index in [0.717, 1.165) is 17.4 Å². The Morgan fingerprint density at radius 3 is 2.76 bits per heavy atom. The second-order valence-electron chi connectivity index (χ2n) is 3.84. The third-order valence-electron chi connectivity index (χ3n) is 2.34. The van der Waals surface area contributed by atoms with Crippen LogP contribution in [0.2, 0.25) is 0 Å². The molecule has 1 heterocycles. The molecule has 0 bridgehead atoms. The molecule has 0 aliphatic heterocycles. The van der Waals surface area contributed by atoms with E-state index in [0.29, 0.717) is 5.25 Å². The van der Waals surface area contributed by atoms with Gasteiger partial charge in [-0.15, -0.1) is 0 Å². The predicted octanol–water partition coefficient (Wildman–Crippen LogP) is 2.41. The van der Waals surface area contributed by atoms with E-state index >= 15 is 0 Å². The van der Waals surface area contributed by atoms with Crippen LogP contribution in [0.5, 0.6) is 0 Å². The number of rotatable bonds is 5. The molecule has 2 aromatic rings. The zero-order chi connectivity index (χ0) is 12.1. The van der Waals surface area contributed by atoms with Crippen LogP contribution in [-0.2, 0) is 7.05 Å². The number of anilines is 1. The summed E-state index contributed by atoms with van der Waals surface area (Å²) in [7, 11) is 1.91. The van der Waals surface area contributed by atoms with Gasteiger partial charge < -0.3 is 5.32 Å². The molecular formula is C12H16N4S. The second kappa shape index (κ2) is 5.72. The van der Waals surface area contributed by atoms with Crippen molar-refractivity contribution in [3.63, 3.8) is 0 Å². The van der Waals surface area contributed by atoms with Crippen LogP contribution in [0.4, 0.5) is 5.69 Å². The molecule has 0 spiro atoms. The summed E-state index contributed by atoms with van der Waals surface area (Å²) in [5.74, 6) is 0. The van der Waals surface area contributed by atoms with Gasteiger partial charge in [0, 0.05) is 24.5 Å². The summed E-state index contributed by atoms with van der Waals surface area (Å²) in [6, 6.07) is 10.2. The van der Waals surface area contributed by atoms with Crippen LogP contribution in [0, 0.1) is 0 Å². The highest BCUT2D eigenvalue weighted by molar-refractivity contribution is 7.99. The summed E-state index contributed by atoms with van der Waals surface area (Å²) in [5.41, 5.74) is 1.15. The van der Waals surface area contributed by atoms with Gasteiger partial charge in [-0.05, 0) is 12.1 Å². The predicted molar refractivity (Wildman–Crippen MR) is 71.3 cm³/mol. The zero-order valence-electron chi connectivity index (χ0n) is 10.00. The van der Waals surface area contributed by atoms with E-state index in [1.54, 1.807) is 22.8 Å². The highest BCUT2D eigenvalue weighted by Gasteiger charge is 2.08. The van der Waals surface area contributed by atoms with Crippen molar-refractivity contribution in [2.45, 2.75) is 17.3 Å². The van der Waals surface area contributed by atoms with E-state index in [1.165, 1.54) is 0 Å². The van der Waals surface area contributed by atoms with Gasteiger partial charge in [0.15, 0.2) is 5.16 Å². The van der Waals surface area contributed by atoms with E-state index < -0.39 is 0 Å². The number of para-hydroxylation sites is 1. The molecule has 90 valence electrons. The third kappa shape index (κ3) is 3.49. The lowest BCUT2D eigenvalue weighted by molar-refractivity contribution is 0.683. The first kappa shape index (κ1) is 12.0. The molecule has 0 radical (unpaired) electrons. The molecule has 0 aliphatic rings. The lowest BCUT2D eigenvalue weighted by Crippen LogP contribution is -2.13. The smallest absolute Gasteiger partial charge is 0.186 e. The maximum atomic E-state index is 4.20. The van der Waals surface area contributed by atoms with Crippen molar-refractivity contribution < 1.29 is 0 Å². The molecule has 2 rings (SSSR count).